The van der Waals surface area contributed by atoms with E-state index in [1.54, 1.807) is 0 Å². The SMILES string of the molecule is CC1(C)CCCN1C(C)(CN)Cc1ccc(F)cc1. The van der Waals surface area contributed by atoms with Gasteiger partial charge in [0.25, 0.3) is 0 Å². The van der Waals surface area contributed by atoms with Gasteiger partial charge in [0.2, 0.25) is 0 Å². The summed E-state index contributed by atoms with van der Waals surface area (Å²) >= 11 is 0. The number of hydrogen-bond donors (Lipinski definition) is 1. The first-order valence-electron chi connectivity index (χ1n) is 7.10. The minimum atomic E-state index is -0.181. The van der Waals surface area contributed by atoms with Gasteiger partial charge >= 0.3 is 0 Å². The molecular weight excluding hydrogens is 239 g/mol. The molecule has 1 atom stereocenters. The molecule has 2 rings (SSSR count). The van der Waals surface area contributed by atoms with E-state index in [0.717, 1.165) is 18.5 Å². The van der Waals surface area contributed by atoms with Crippen molar-refractivity contribution in [2.24, 2.45) is 5.73 Å². The van der Waals surface area contributed by atoms with Crippen LogP contribution in [0, 0.1) is 5.82 Å². The Morgan fingerprint density at radius 2 is 1.95 bits per heavy atom. The normalized spacial score (nSPS) is 22.4. The van der Waals surface area contributed by atoms with Crippen molar-refractivity contribution >= 4 is 0 Å². The molecule has 1 heterocycles. The molecule has 0 saturated carbocycles. The van der Waals surface area contributed by atoms with Gasteiger partial charge in [-0.3, -0.25) is 4.90 Å². The van der Waals surface area contributed by atoms with Crippen molar-refractivity contribution in [1.29, 1.82) is 0 Å². The van der Waals surface area contributed by atoms with Crippen LogP contribution in [0.4, 0.5) is 4.39 Å². The van der Waals surface area contributed by atoms with E-state index in [4.69, 9.17) is 5.73 Å². The van der Waals surface area contributed by atoms with Crippen LogP contribution in [0.5, 0.6) is 0 Å². The average molecular weight is 264 g/mol. The Labute approximate surface area is 115 Å². The highest BCUT2D eigenvalue weighted by atomic mass is 19.1. The van der Waals surface area contributed by atoms with Crippen molar-refractivity contribution < 1.29 is 4.39 Å². The topological polar surface area (TPSA) is 29.3 Å². The average Bonchev–Trinajstić information content (AvgIpc) is 2.72. The van der Waals surface area contributed by atoms with Crippen LogP contribution in [-0.4, -0.2) is 29.1 Å². The summed E-state index contributed by atoms with van der Waals surface area (Å²) in [5, 5.41) is 0. The van der Waals surface area contributed by atoms with Crippen molar-refractivity contribution in [3.8, 4) is 0 Å². The lowest BCUT2D eigenvalue weighted by molar-refractivity contribution is 0.0478. The molecule has 0 aromatic heterocycles. The second-order valence-corrected chi connectivity index (χ2v) is 6.57. The van der Waals surface area contributed by atoms with Gasteiger partial charge in [0.1, 0.15) is 5.82 Å². The lowest BCUT2D eigenvalue weighted by Crippen LogP contribution is -2.58. The van der Waals surface area contributed by atoms with Crippen LogP contribution >= 0.6 is 0 Å². The zero-order valence-corrected chi connectivity index (χ0v) is 12.2. The minimum Gasteiger partial charge on any atom is -0.329 e. The molecule has 2 N–H and O–H groups in total. The van der Waals surface area contributed by atoms with E-state index in [9.17, 15) is 4.39 Å². The molecule has 1 aromatic rings. The highest BCUT2D eigenvalue weighted by Gasteiger charge is 2.42. The molecule has 1 aliphatic heterocycles. The van der Waals surface area contributed by atoms with E-state index in [1.807, 2.05) is 12.1 Å². The van der Waals surface area contributed by atoms with Gasteiger partial charge in [-0.25, -0.2) is 4.39 Å². The van der Waals surface area contributed by atoms with Crippen LogP contribution < -0.4 is 5.73 Å². The van der Waals surface area contributed by atoms with Crippen LogP contribution in [0.15, 0.2) is 24.3 Å². The van der Waals surface area contributed by atoms with E-state index < -0.39 is 0 Å². The zero-order chi connectivity index (χ0) is 14.1. The maximum Gasteiger partial charge on any atom is 0.123 e. The van der Waals surface area contributed by atoms with Crippen LogP contribution in [0.3, 0.4) is 0 Å². The van der Waals surface area contributed by atoms with Gasteiger partial charge in [-0.05, 0) is 64.3 Å². The van der Waals surface area contributed by atoms with Crippen molar-refractivity contribution in [3.63, 3.8) is 0 Å². The molecule has 19 heavy (non-hydrogen) atoms. The molecule has 0 aliphatic carbocycles. The quantitative estimate of drug-likeness (QED) is 0.906. The number of rotatable bonds is 4. The first-order chi connectivity index (χ1) is 8.87. The number of nitrogens with two attached hydrogens (primary N) is 1. The summed E-state index contributed by atoms with van der Waals surface area (Å²) in [5.41, 5.74) is 7.36. The first kappa shape index (κ1) is 14.5. The molecule has 0 amide bonds. The second kappa shape index (κ2) is 5.22. The van der Waals surface area contributed by atoms with Crippen molar-refractivity contribution in [1.82, 2.24) is 4.90 Å². The maximum absolute atomic E-state index is 13.0. The third-order valence-corrected chi connectivity index (χ3v) is 4.49. The Morgan fingerprint density at radius 3 is 2.42 bits per heavy atom. The summed E-state index contributed by atoms with van der Waals surface area (Å²) in [7, 11) is 0. The largest absolute Gasteiger partial charge is 0.329 e. The number of nitrogens with zero attached hydrogens (tertiary/aromatic N) is 1. The van der Waals surface area contributed by atoms with Crippen molar-refractivity contribution in [2.75, 3.05) is 13.1 Å². The van der Waals surface area contributed by atoms with E-state index in [-0.39, 0.29) is 16.9 Å². The Hall–Kier alpha value is -0.930. The zero-order valence-electron chi connectivity index (χ0n) is 12.2. The molecule has 1 fully saturated rings. The summed E-state index contributed by atoms with van der Waals surface area (Å²) in [6.07, 6.45) is 3.31. The van der Waals surface area contributed by atoms with E-state index >= 15 is 0 Å². The van der Waals surface area contributed by atoms with E-state index in [2.05, 4.69) is 25.7 Å². The van der Waals surface area contributed by atoms with Crippen LogP contribution in [0.1, 0.15) is 39.2 Å². The predicted molar refractivity (Wildman–Crippen MR) is 77.6 cm³/mol. The molecule has 0 radical (unpaired) electrons. The predicted octanol–water partition coefficient (Wildman–Crippen LogP) is 2.96. The molecule has 2 nitrogen and oxygen atoms in total. The van der Waals surface area contributed by atoms with Crippen LogP contribution in [-0.2, 0) is 6.42 Å². The minimum absolute atomic E-state index is 0.0577. The Kier molecular flexibility index (Phi) is 3.98. The Morgan fingerprint density at radius 1 is 1.32 bits per heavy atom. The third-order valence-electron chi connectivity index (χ3n) is 4.49. The highest BCUT2D eigenvalue weighted by molar-refractivity contribution is 5.20. The van der Waals surface area contributed by atoms with Gasteiger partial charge in [-0.2, -0.15) is 0 Å². The summed E-state index contributed by atoms with van der Waals surface area (Å²) in [5.74, 6) is -0.181. The summed E-state index contributed by atoms with van der Waals surface area (Å²) in [4.78, 5) is 2.53. The fourth-order valence-electron chi connectivity index (χ4n) is 3.43. The fourth-order valence-corrected chi connectivity index (χ4v) is 3.43. The van der Waals surface area contributed by atoms with Gasteiger partial charge in [-0.1, -0.05) is 12.1 Å². The Balaban J connectivity index is 2.20. The molecule has 1 unspecified atom stereocenters. The number of likely N-dealkylation sites (tertiary alicyclic amines) is 1. The molecular formula is C16H25FN2. The first-order valence-corrected chi connectivity index (χ1v) is 7.10. The fraction of sp³-hybridized carbons (Fsp3) is 0.625. The summed E-state index contributed by atoms with van der Waals surface area (Å²) < 4.78 is 13.0. The highest BCUT2D eigenvalue weighted by Crippen LogP contribution is 2.36. The second-order valence-electron chi connectivity index (χ2n) is 6.57. The molecule has 1 saturated heterocycles. The summed E-state index contributed by atoms with van der Waals surface area (Å²) in [6, 6.07) is 6.79. The number of halogens is 1. The molecule has 0 bridgehead atoms. The molecule has 1 aromatic carbocycles. The third kappa shape index (κ3) is 2.98. The maximum atomic E-state index is 13.0. The standard InChI is InChI=1S/C16H25FN2/c1-15(2)9-4-10-19(15)16(3,12-18)11-13-5-7-14(17)8-6-13/h5-8H,4,9-12,18H2,1-3H3. The van der Waals surface area contributed by atoms with E-state index in [0.29, 0.717) is 6.54 Å². The van der Waals surface area contributed by atoms with E-state index in [1.165, 1.54) is 25.0 Å². The summed E-state index contributed by atoms with van der Waals surface area (Å²) in [6.45, 7) is 8.52. The lowest BCUT2D eigenvalue weighted by atomic mass is 9.87. The van der Waals surface area contributed by atoms with Gasteiger partial charge in [0.05, 0.1) is 0 Å². The number of hydrogen-bond acceptors (Lipinski definition) is 2. The van der Waals surface area contributed by atoms with Crippen molar-refractivity contribution in [2.45, 2.75) is 51.1 Å². The van der Waals surface area contributed by atoms with Crippen LogP contribution in [0.25, 0.3) is 0 Å². The molecule has 0 spiro atoms. The van der Waals surface area contributed by atoms with Gasteiger partial charge < -0.3 is 5.73 Å². The Bertz CT molecular complexity index is 427. The smallest absolute Gasteiger partial charge is 0.123 e. The molecule has 106 valence electrons. The molecule has 3 heteroatoms. The van der Waals surface area contributed by atoms with Crippen LogP contribution in [0.2, 0.25) is 0 Å². The molecule has 1 aliphatic rings. The van der Waals surface area contributed by atoms with Gasteiger partial charge in [0, 0.05) is 17.6 Å². The monoisotopic (exact) mass is 264 g/mol. The van der Waals surface area contributed by atoms with Gasteiger partial charge in [-0.15, -0.1) is 0 Å². The van der Waals surface area contributed by atoms with Gasteiger partial charge in [0.15, 0.2) is 0 Å². The van der Waals surface area contributed by atoms with Crippen molar-refractivity contribution in [3.05, 3.63) is 35.6 Å². The number of benzene rings is 1. The lowest BCUT2D eigenvalue weighted by Gasteiger charge is -2.46.